The molecule has 0 aromatic rings. The SMILES string of the molecule is C=CCN(CCNC(=O)NC(C)C)C(C)=O. The maximum Gasteiger partial charge on any atom is 0.315 e. The van der Waals surface area contributed by atoms with Gasteiger partial charge >= 0.3 is 6.03 Å². The molecular formula is C11H21N3O2. The fraction of sp³-hybridized carbons (Fsp3) is 0.636. The third kappa shape index (κ3) is 6.86. The van der Waals surface area contributed by atoms with E-state index in [1.54, 1.807) is 11.0 Å². The number of hydrogen-bond acceptors (Lipinski definition) is 2. The van der Waals surface area contributed by atoms with E-state index in [2.05, 4.69) is 17.2 Å². The van der Waals surface area contributed by atoms with E-state index in [0.29, 0.717) is 19.6 Å². The maximum atomic E-state index is 11.2. The average molecular weight is 227 g/mol. The fourth-order valence-corrected chi connectivity index (χ4v) is 1.15. The van der Waals surface area contributed by atoms with Crippen LogP contribution in [0.1, 0.15) is 20.8 Å². The van der Waals surface area contributed by atoms with E-state index < -0.39 is 0 Å². The smallest absolute Gasteiger partial charge is 0.315 e. The van der Waals surface area contributed by atoms with Gasteiger partial charge in [-0.1, -0.05) is 6.08 Å². The van der Waals surface area contributed by atoms with Crippen molar-refractivity contribution in [3.05, 3.63) is 12.7 Å². The van der Waals surface area contributed by atoms with Gasteiger partial charge in [-0.15, -0.1) is 6.58 Å². The van der Waals surface area contributed by atoms with E-state index in [4.69, 9.17) is 0 Å². The quantitative estimate of drug-likeness (QED) is 0.657. The lowest BCUT2D eigenvalue weighted by Gasteiger charge is -2.19. The van der Waals surface area contributed by atoms with Crippen LogP contribution in [0.5, 0.6) is 0 Å². The van der Waals surface area contributed by atoms with Crippen molar-refractivity contribution in [3.63, 3.8) is 0 Å². The van der Waals surface area contributed by atoms with Gasteiger partial charge in [0.05, 0.1) is 0 Å². The summed E-state index contributed by atoms with van der Waals surface area (Å²) in [7, 11) is 0. The molecule has 0 rings (SSSR count). The zero-order valence-corrected chi connectivity index (χ0v) is 10.2. The highest BCUT2D eigenvalue weighted by Crippen LogP contribution is 1.88. The highest BCUT2D eigenvalue weighted by Gasteiger charge is 2.07. The minimum absolute atomic E-state index is 0.0223. The summed E-state index contributed by atoms with van der Waals surface area (Å²) in [6, 6.07) is -0.103. The summed E-state index contributed by atoms with van der Waals surface area (Å²) in [6.45, 7) is 10.3. The molecule has 0 aromatic heterocycles. The average Bonchev–Trinajstić information content (AvgIpc) is 2.15. The van der Waals surface area contributed by atoms with Crippen molar-refractivity contribution in [2.24, 2.45) is 0 Å². The largest absolute Gasteiger partial charge is 0.337 e. The summed E-state index contributed by atoms with van der Waals surface area (Å²) in [5.41, 5.74) is 0. The Labute approximate surface area is 96.9 Å². The zero-order valence-electron chi connectivity index (χ0n) is 10.2. The molecule has 0 atom stereocenters. The Morgan fingerprint density at radius 2 is 2.06 bits per heavy atom. The Bertz CT molecular complexity index is 252. The van der Waals surface area contributed by atoms with Gasteiger partial charge in [-0.05, 0) is 13.8 Å². The molecule has 0 saturated heterocycles. The van der Waals surface area contributed by atoms with Crippen molar-refractivity contribution in [1.82, 2.24) is 15.5 Å². The van der Waals surface area contributed by atoms with Gasteiger partial charge < -0.3 is 15.5 Å². The molecule has 5 heteroatoms. The first kappa shape index (κ1) is 14.5. The highest BCUT2D eigenvalue weighted by molar-refractivity contribution is 5.75. The molecule has 0 heterocycles. The third-order valence-electron chi connectivity index (χ3n) is 1.88. The molecule has 16 heavy (non-hydrogen) atoms. The number of hydrogen-bond donors (Lipinski definition) is 2. The van der Waals surface area contributed by atoms with Crippen LogP contribution in [0.15, 0.2) is 12.7 Å². The van der Waals surface area contributed by atoms with Crippen molar-refractivity contribution in [3.8, 4) is 0 Å². The van der Waals surface area contributed by atoms with E-state index in [1.807, 2.05) is 13.8 Å². The van der Waals surface area contributed by atoms with E-state index in [0.717, 1.165) is 0 Å². The predicted octanol–water partition coefficient (Wildman–Crippen LogP) is 0.728. The molecule has 0 aliphatic carbocycles. The van der Waals surface area contributed by atoms with E-state index >= 15 is 0 Å². The van der Waals surface area contributed by atoms with Gasteiger partial charge in [-0.3, -0.25) is 4.79 Å². The molecule has 0 bridgehead atoms. The van der Waals surface area contributed by atoms with Crippen LogP contribution in [-0.4, -0.2) is 42.5 Å². The summed E-state index contributed by atoms with van der Waals surface area (Å²) < 4.78 is 0. The molecule has 3 amide bonds. The Balaban J connectivity index is 3.81. The molecule has 92 valence electrons. The lowest BCUT2D eigenvalue weighted by atomic mass is 10.4. The van der Waals surface area contributed by atoms with Crippen molar-refractivity contribution in [2.75, 3.05) is 19.6 Å². The van der Waals surface area contributed by atoms with Crippen LogP contribution in [0.25, 0.3) is 0 Å². The van der Waals surface area contributed by atoms with Gasteiger partial charge in [0, 0.05) is 32.6 Å². The predicted molar refractivity (Wildman–Crippen MR) is 64.1 cm³/mol. The molecule has 0 spiro atoms. The Hall–Kier alpha value is -1.52. The minimum atomic E-state index is -0.211. The number of rotatable bonds is 6. The zero-order chi connectivity index (χ0) is 12.6. The van der Waals surface area contributed by atoms with Crippen molar-refractivity contribution in [1.29, 1.82) is 0 Å². The van der Waals surface area contributed by atoms with E-state index in [1.165, 1.54) is 6.92 Å². The van der Waals surface area contributed by atoms with Gasteiger partial charge in [-0.2, -0.15) is 0 Å². The molecule has 2 N–H and O–H groups in total. The van der Waals surface area contributed by atoms with Gasteiger partial charge in [0.25, 0.3) is 0 Å². The monoisotopic (exact) mass is 227 g/mol. The Morgan fingerprint density at radius 1 is 1.44 bits per heavy atom. The van der Waals surface area contributed by atoms with Crippen molar-refractivity contribution >= 4 is 11.9 Å². The molecule has 0 aliphatic heterocycles. The summed E-state index contributed by atoms with van der Waals surface area (Å²) in [5, 5.41) is 5.38. The standard InChI is InChI=1S/C11H21N3O2/c1-5-7-14(10(4)15)8-6-12-11(16)13-9(2)3/h5,9H,1,6-8H2,2-4H3,(H2,12,13,16). The number of nitrogens with one attached hydrogen (secondary N) is 2. The van der Waals surface area contributed by atoms with Crippen LogP contribution in [0.2, 0.25) is 0 Å². The van der Waals surface area contributed by atoms with Crippen LogP contribution < -0.4 is 10.6 Å². The van der Waals surface area contributed by atoms with Crippen LogP contribution in [-0.2, 0) is 4.79 Å². The highest BCUT2D eigenvalue weighted by atomic mass is 16.2. The summed E-state index contributed by atoms with van der Waals surface area (Å²) in [6.07, 6.45) is 1.66. The van der Waals surface area contributed by atoms with Crippen LogP contribution in [0.3, 0.4) is 0 Å². The van der Waals surface area contributed by atoms with Crippen LogP contribution in [0, 0.1) is 0 Å². The summed E-state index contributed by atoms with van der Waals surface area (Å²) >= 11 is 0. The van der Waals surface area contributed by atoms with Gasteiger partial charge in [0.2, 0.25) is 5.91 Å². The first-order valence-corrected chi connectivity index (χ1v) is 5.38. The van der Waals surface area contributed by atoms with E-state index in [-0.39, 0.29) is 18.0 Å². The lowest BCUT2D eigenvalue weighted by Crippen LogP contribution is -2.43. The Morgan fingerprint density at radius 3 is 2.50 bits per heavy atom. The molecule has 0 radical (unpaired) electrons. The number of amides is 3. The Kier molecular flexibility index (Phi) is 7.00. The molecule has 0 unspecified atom stereocenters. The maximum absolute atomic E-state index is 11.2. The van der Waals surface area contributed by atoms with Crippen molar-refractivity contribution in [2.45, 2.75) is 26.8 Å². The number of urea groups is 1. The molecule has 0 aliphatic rings. The van der Waals surface area contributed by atoms with Crippen molar-refractivity contribution < 1.29 is 9.59 Å². The fourth-order valence-electron chi connectivity index (χ4n) is 1.15. The molecule has 0 saturated carbocycles. The second-order valence-corrected chi connectivity index (χ2v) is 3.81. The van der Waals surface area contributed by atoms with Gasteiger partial charge in [0.15, 0.2) is 0 Å². The second kappa shape index (κ2) is 7.73. The number of carbonyl (C=O) groups excluding carboxylic acids is 2. The lowest BCUT2D eigenvalue weighted by molar-refractivity contribution is -0.128. The molecule has 0 fully saturated rings. The first-order valence-electron chi connectivity index (χ1n) is 5.38. The number of nitrogens with zero attached hydrogens (tertiary/aromatic N) is 1. The molecular weight excluding hydrogens is 206 g/mol. The van der Waals surface area contributed by atoms with Crippen LogP contribution in [0.4, 0.5) is 4.79 Å². The van der Waals surface area contributed by atoms with Gasteiger partial charge in [0.1, 0.15) is 0 Å². The van der Waals surface area contributed by atoms with Gasteiger partial charge in [-0.25, -0.2) is 4.79 Å². The summed E-state index contributed by atoms with van der Waals surface area (Å²) in [5.74, 6) is -0.0223. The third-order valence-corrected chi connectivity index (χ3v) is 1.88. The number of carbonyl (C=O) groups is 2. The van der Waals surface area contributed by atoms with E-state index in [9.17, 15) is 9.59 Å². The summed E-state index contributed by atoms with van der Waals surface area (Å²) in [4.78, 5) is 24.0. The van der Waals surface area contributed by atoms with Crippen LogP contribution >= 0.6 is 0 Å². The topological polar surface area (TPSA) is 61.4 Å². The minimum Gasteiger partial charge on any atom is -0.337 e. The normalized spacial score (nSPS) is 9.75. The second-order valence-electron chi connectivity index (χ2n) is 3.81. The first-order chi connectivity index (χ1) is 7.47. The molecule has 0 aromatic carbocycles. The molecule has 5 nitrogen and oxygen atoms in total.